The smallest absolute Gasteiger partial charge is 0.254 e. The van der Waals surface area contributed by atoms with Crippen molar-refractivity contribution in [1.29, 1.82) is 0 Å². The van der Waals surface area contributed by atoms with Crippen LogP contribution in [-0.4, -0.2) is 55.1 Å². The molecule has 0 aromatic heterocycles. The van der Waals surface area contributed by atoms with Gasteiger partial charge in [0, 0.05) is 43.5 Å². The number of hydrogen-bond donors (Lipinski definition) is 2. The summed E-state index contributed by atoms with van der Waals surface area (Å²) in [5.41, 5.74) is 1.24. The van der Waals surface area contributed by atoms with Crippen LogP contribution in [0.1, 0.15) is 30.1 Å². The van der Waals surface area contributed by atoms with Gasteiger partial charge in [-0.3, -0.25) is 9.59 Å². The average molecular weight is 354 g/mol. The van der Waals surface area contributed by atoms with E-state index in [0.717, 1.165) is 25.9 Å². The zero-order valence-electron chi connectivity index (χ0n) is 13.8. The van der Waals surface area contributed by atoms with Gasteiger partial charge in [-0.25, -0.2) is 0 Å². The van der Waals surface area contributed by atoms with E-state index in [1.165, 1.54) is 0 Å². The van der Waals surface area contributed by atoms with E-state index in [2.05, 4.69) is 10.6 Å². The number of nitrogens with zero attached hydrogens (tertiary/aromatic N) is 1. The first kappa shape index (κ1) is 18.7. The average Bonchev–Trinajstić information content (AvgIpc) is 3.09. The van der Waals surface area contributed by atoms with E-state index in [1.807, 2.05) is 11.8 Å². The summed E-state index contributed by atoms with van der Waals surface area (Å²) < 4.78 is 5.38. The lowest BCUT2D eigenvalue weighted by Gasteiger charge is -2.34. The van der Waals surface area contributed by atoms with Crippen LogP contribution in [-0.2, 0) is 9.53 Å². The molecule has 0 bridgehead atoms. The van der Waals surface area contributed by atoms with Crippen molar-refractivity contribution in [3.8, 4) is 0 Å². The summed E-state index contributed by atoms with van der Waals surface area (Å²) in [5, 5.41) is 6.12. The molecule has 2 atom stereocenters. The monoisotopic (exact) mass is 353 g/mol. The van der Waals surface area contributed by atoms with E-state index in [1.54, 1.807) is 24.3 Å². The number of anilines is 1. The molecule has 0 aliphatic carbocycles. The molecule has 2 amide bonds. The zero-order chi connectivity index (χ0) is 16.2. The first-order valence-electron chi connectivity index (χ1n) is 8.19. The quantitative estimate of drug-likeness (QED) is 0.867. The summed E-state index contributed by atoms with van der Waals surface area (Å²) in [5.74, 6) is -0.130. The molecule has 2 fully saturated rings. The fraction of sp³-hybridized carbons (Fsp3) is 0.529. The fourth-order valence-corrected chi connectivity index (χ4v) is 3.05. The van der Waals surface area contributed by atoms with E-state index < -0.39 is 0 Å². The lowest BCUT2D eigenvalue weighted by molar-refractivity contribution is -0.124. The van der Waals surface area contributed by atoms with Crippen molar-refractivity contribution in [1.82, 2.24) is 10.2 Å². The van der Waals surface area contributed by atoms with Gasteiger partial charge in [0.25, 0.3) is 11.8 Å². The van der Waals surface area contributed by atoms with Crippen LogP contribution in [0.25, 0.3) is 0 Å². The maximum atomic E-state index is 12.7. The summed E-state index contributed by atoms with van der Waals surface area (Å²) in [4.78, 5) is 26.6. The molecular formula is C17H24ClN3O3. The third-order valence-corrected chi connectivity index (χ3v) is 4.36. The molecular weight excluding hydrogens is 330 g/mol. The molecule has 3 rings (SSSR count). The molecule has 24 heavy (non-hydrogen) atoms. The standard InChI is InChI=1S/C17H23N3O3.ClH/c1-12-11-18-7-8-20(12)17(22)13-4-2-5-14(10-13)19-16(21)15-6-3-9-23-15;/h2,4-5,10,12,15,18H,3,6-9,11H2,1H3,(H,19,21);1H. The van der Waals surface area contributed by atoms with Crippen LogP contribution >= 0.6 is 12.4 Å². The number of nitrogens with one attached hydrogen (secondary N) is 2. The van der Waals surface area contributed by atoms with Gasteiger partial charge in [0.1, 0.15) is 6.10 Å². The predicted octanol–water partition coefficient (Wildman–Crippen LogP) is 1.66. The Morgan fingerprint density at radius 1 is 1.38 bits per heavy atom. The third-order valence-electron chi connectivity index (χ3n) is 4.36. The van der Waals surface area contributed by atoms with Crippen LogP contribution in [0, 0.1) is 0 Å². The van der Waals surface area contributed by atoms with E-state index in [0.29, 0.717) is 24.4 Å². The molecule has 2 unspecified atom stereocenters. The number of amides is 2. The van der Waals surface area contributed by atoms with Gasteiger partial charge >= 0.3 is 0 Å². The number of ether oxygens (including phenoxy) is 1. The highest BCUT2D eigenvalue weighted by molar-refractivity contribution is 5.98. The second-order valence-electron chi connectivity index (χ2n) is 6.12. The van der Waals surface area contributed by atoms with E-state index >= 15 is 0 Å². The van der Waals surface area contributed by atoms with Crippen molar-refractivity contribution in [3.05, 3.63) is 29.8 Å². The van der Waals surface area contributed by atoms with E-state index in [9.17, 15) is 9.59 Å². The first-order chi connectivity index (χ1) is 11.1. The van der Waals surface area contributed by atoms with Gasteiger partial charge in [0.2, 0.25) is 0 Å². The second kappa shape index (κ2) is 8.46. The summed E-state index contributed by atoms with van der Waals surface area (Å²) in [7, 11) is 0. The number of hydrogen-bond acceptors (Lipinski definition) is 4. The summed E-state index contributed by atoms with van der Waals surface area (Å²) in [6.07, 6.45) is 1.29. The van der Waals surface area contributed by atoms with Crippen LogP contribution in [0.4, 0.5) is 5.69 Å². The molecule has 0 saturated carbocycles. The fourth-order valence-electron chi connectivity index (χ4n) is 3.05. The molecule has 1 aromatic rings. The van der Waals surface area contributed by atoms with Gasteiger partial charge in [0.05, 0.1) is 0 Å². The van der Waals surface area contributed by atoms with Gasteiger partial charge in [-0.15, -0.1) is 12.4 Å². The molecule has 2 saturated heterocycles. The Kier molecular flexibility index (Phi) is 6.60. The molecule has 7 heteroatoms. The number of carbonyl (C=O) groups is 2. The van der Waals surface area contributed by atoms with Crippen LogP contribution in [0.3, 0.4) is 0 Å². The van der Waals surface area contributed by atoms with Crippen LogP contribution < -0.4 is 10.6 Å². The van der Waals surface area contributed by atoms with Crippen molar-refractivity contribution in [2.24, 2.45) is 0 Å². The van der Waals surface area contributed by atoms with Crippen molar-refractivity contribution >= 4 is 29.9 Å². The number of halogens is 1. The second-order valence-corrected chi connectivity index (χ2v) is 6.12. The van der Waals surface area contributed by atoms with Crippen molar-refractivity contribution in [3.63, 3.8) is 0 Å². The Balaban J connectivity index is 0.00000208. The molecule has 0 spiro atoms. The molecule has 2 aliphatic heterocycles. The van der Waals surface area contributed by atoms with Gasteiger partial charge in [-0.05, 0) is 38.0 Å². The summed E-state index contributed by atoms with van der Waals surface area (Å²) in [6.45, 7) is 4.99. The number of carbonyl (C=O) groups excluding carboxylic acids is 2. The third kappa shape index (κ3) is 4.26. The molecule has 132 valence electrons. The highest BCUT2D eigenvalue weighted by Gasteiger charge is 2.25. The number of benzene rings is 1. The SMILES string of the molecule is CC1CNCCN1C(=O)c1cccc(NC(=O)C2CCCO2)c1.Cl. The molecule has 1 aromatic carbocycles. The molecule has 2 heterocycles. The topological polar surface area (TPSA) is 70.7 Å². The Bertz CT molecular complexity index is 590. The van der Waals surface area contributed by atoms with Gasteiger partial charge in [0.15, 0.2) is 0 Å². The van der Waals surface area contributed by atoms with E-state index in [4.69, 9.17) is 4.74 Å². The molecule has 2 aliphatic rings. The minimum Gasteiger partial charge on any atom is -0.368 e. The largest absolute Gasteiger partial charge is 0.368 e. The van der Waals surface area contributed by atoms with Crippen molar-refractivity contribution in [2.75, 3.05) is 31.6 Å². The van der Waals surface area contributed by atoms with Gasteiger partial charge in [-0.1, -0.05) is 6.07 Å². The number of piperazine rings is 1. The lowest BCUT2D eigenvalue weighted by atomic mass is 10.1. The summed E-state index contributed by atoms with van der Waals surface area (Å²) in [6, 6.07) is 7.29. The number of rotatable bonds is 3. The Labute approximate surface area is 148 Å². The minimum atomic E-state index is -0.373. The van der Waals surface area contributed by atoms with Gasteiger partial charge in [-0.2, -0.15) is 0 Å². The molecule has 2 N–H and O–H groups in total. The van der Waals surface area contributed by atoms with E-state index in [-0.39, 0.29) is 36.4 Å². The van der Waals surface area contributed by atoms with Crippen LogP contribution in [0.2, 0.25) is 0 Å². The lowest BCUT2D eigenvalue weighted by Crippen LogP contribution is -2.52. The first-order valence-corrected chi connectivity index (χ1v) is 8.19. The predicted molar refractivity (Wildman–Crippen MR) is 94.7 cm³/mol. The highest BCUT2D eigenvalue weighted by atomic mass is 35.5. The Hall–Kier alpha value is -1.63. The maximum Gasteiger partial charge on any atom is 0.254 e. The Morgan fingerprint density at radius 2 is 2.21 bits per heavy atom. The van der Waals surface area contributed by atoms with Crippen molar-refractivity contribution in [2.45, 2.75) is 31.9 Å². The molecule has 6 nitrogen and oxygen atoms in total. The van der Waals surface area contributed by atoms with Crippen molar-refractivity contribution < 1.29 is 14.3 Å². The summed E-state index contributed by atoms with van der Waals surface area (Å²) >= 11 is 0. The zero-order valence-corrected chi connectivity index (χ0v) is 14.6. The van der Waals surface area contributed by atoms with Crippen LogP contribution in [0.15, 0.2) is 24.3 Å². The maximum absolute atomic E-state index is 12.7. The van der Waals surface area contributed by atoms with Crippen LogP contribution in [0.5, 0.6) is 0 Å². The van der Waals surface area contributed by atoms with Gasteiger partial charge < -0.3 is 20.3 Å². The Morgan fingerprint density at radius 3 is 2.92 bits per heavy atom. The molecule has 0 radical (unpaired) electrons. The minimum absolute atomic E-state index is 0. The highest BCUT2D eigenvalue weighted by Crippen LogP contribution is 2.18. The normalized spacial score (nSPS) is 23.5.